The van der Waals surface area contributed by atoms with Crippen molar-refractivity contribution in [3.63, 3.8) is 0 Å². The highest BCUT2D eigenvalue weighted by Gasteiger charge is 2.48. The van der Waals surface area contributed by atoms with Crippen LogP contribution >= 0.6 is 7.60 Å². The molecule has 0 radical (unpaired) electrons. The molecule has 0 aliphatic heterocycles. The van der Waals surface area contributed by atoms with Gasteiger partial charge in [-0.1, -0.05) is 25.7 Å². The van der Waals surface area contributed by atoms with Crippen LogP contribution in [0.1, 0.15) is 59.3 Å². The van der Waals surface area contributed by atoms with Gasteiger partial charge in [0.2, 0.25) is 0 Å². The number of ether oxygens (including phenoxy) is 1. The zero-order valence-corrected chi connectivity index (χ0v) is 15.3. The number of hydrogen-bond donors (Lipinski definition) is 0. The molecule has 6 nitrogen and oxygen atoms in total. The maximum atomic E-state index is 13.2. The maximum Gasteiger partial charge on any atom is 0.375 e. The molecule has 0 amide bonds. The quantitative estimate of drug-likeness (QED) is 0.273. The van der Waals surface area contributed by atoms with Crippen molar-refractivity contribution < 1.29 is 27.9 Å². The number of carbonyl (C=O) groups excluding carboxylic acids is 2. The molecule has 0 spiro atoms. The Balaban J connectivity index is 3.14. The van der Waals surface area contributed by atoms with Crippen LogP contribution in [0.2, 0.25) is 0 Å². The summed E-state index contributed by atoms with van der Waals surface area (Å²) in [4.78, 5) is 24.6. The number of rotatable bonds is 9. The molecule has 23 heavy (non-hydrogen) atoms. The summed E-state index contributed by atoms with van der Waals surface area (Å²) in [6, 6.07) is 0. The highest BCUT2D eigenvalue weighted by molar-refractivity contribution is 7.56. The monoisotopic (exact) mass is 348 g/mol. The number of esters is 1. The molecule has 1 aliphatic carbocycles. The van der Waals surface area contributed by atoms with E-state index in [-0.39, 0.29) is 25.7 Å². The van der Waals surface area contributed by atoms with Gasteiger partial charge in [-0.05, 0) is 39.5 Å². The normalized spacial score (nSPS) is 18.2. The molecule has 0 N–H and O–H groups in total. The van der Waals surface area contributed by atoms with Gasteiger partial charge in [-0.15, -0.1) is 0 Å². The van der Waals surface area contributed by atoms with E-state index in [9.17, 15) is 14.2 Å². The number of ketones is 1. The predicted molar refractivity (Wildman–Crippen MR) is 87.5 cm³/mol. The molecule has 0 aromatic carbocycles. The molecule has 0 aromatic rings. The first-order chi connectivity index (χ1) is 11.0. The van der Waals surface area contributed by atoms with Crippen LogP contribution in [0.5, 0.6) is 0 Å². The van der Waals surface area contributed by atoms with Crippen molar-refractivity contribution in [2.75, 3.05) is 19.8 Å². The van der Waals surface area contributed by atoms with E-state index in [4.69, 9.17) is 13.8 Å². The second-order valence-corrected chi connectivity index (χ2v) is 7.81. The second-order valence-electron chi connectivity index (χ2n) is 5.66. The van der Waals surface area contributed by atoms with Crippen molar-refractivity contribution in [1.29, 1.82) is 0 Å². The van der Waals surface area contributed by atoms with Crippen LogP contribution in [0.3, 0.4) is 0 Å². The molecular formula is C16H29O6P. The molecule has 1 fully saturated rings. The average Bonchev–Trinajstić information content (AvgIpc) is 2.77. The lowest BCUT2D eigenvalue weighted by atomic mass is 9.94. The first-order valence-electron chi connectivity index (χ1n) is 8.59. The van der Waals surface area contributed by atoms with Crippen LogP contribution in [-0.2, 0) is 27.9 Å². The van der Waals surface area contributed by atoms with E-state index in [1.165, 1.54) is 0 Å². The summed E-state index contributed by atoms with van der Waals surface area (Å²) >= 11 is 0. The number of hydrogen-bond acceptors (Lipinski definition) is 6. The molecular weight excluding hydrogens is 319 g/mol. The topological polar surface area (TPSA) is 78.9 Å². The third-order valence-corrected chi connectivity index (χ3v) is 6.62. The Hall–Kier alpha value is -0.710. The van der Waals surface area contributed by atoms with Gasteiger partial charge >= 0.3 is 13.6 Å². The lowest BCUT2D eigenvalue weighted by molar-refractivity contribution is -0.154. The van der Waals surface area contributed by atoms with Gasteiger partial charge in [0.15, 0.2) is 0 Å². The van der Waals surface area contributed by atoms with Gasteiger partial charge in [-0.3, -0.25) is 9.36 Å². The Morgan fingerprint density at radius 1 is 0.957 bits per heavy atom. The van der Waals surface area contributed by atoms with Crippen molar-refractivity contribution in [1.82, 2.24) is 0 Å². The smallest absolute Gasteiger partial charge is 0.375 e. The highest BCUT2D eigenvalue weighted by atomic mass is 31.2. The molecule has 1 saturated carbocycles. The lowest BCUT2D eigenvalue weighted by Gasteiger charge is -2.30. The largest absolute Gasteiger partial charge is 0.460 e. The molecule has 0 heterocycles. The summed E-state index contributed by atoms with van der Waals surface area (Å²) < 4.78 is 28.8. The van der Waals surface area contributed by atoms with Crippen molar-refractivity contribution in [3.8, 4) is 0 Å². The van der Waals surface area contributed by atoms with Crippen LogP contribution in [0.25, 0.3) is 0 Å². The third kappa shape index (κ3) is 5.70. The minimum atomic E-state index is -3.70. The molecule has 1 atom stereocenters. The molecule has 0 saturated heterocycles. The van der Waals surface area contributed by atoms with E-state index in [1.54, 1.807) is 20.8 Å². The van der Waals surface area contributed by atoms with Gasteiger partial charge in [0, 0.05) is 0 Å². The fourth-order valence-electron chi connectivity index (χ4n) is 3.12. The van der Waals surface area contributed by atoms with E-state index < -0.39 is 25.0 Å². The number of carbonyl (C=O) groups is 2. The van der Waals surface area contributed by atoms with Gasteiger partial charge in [0.1, 0.15) is 5.66 Å². The molecule has 1 unspecified atom stereocenters. The Bertz CT molecular complexity index is 418. The fraction of sp³-hybridized carbons (Fsp3) is 0.875. The average molecular weight is 348 g/mol. The highest BCUT2D eigenvalue weighted by Crippen LogP contribution is 2.57. The zero-order valence-electron chi connectivity index (χ0n) is 14.4. The summed E-state index contributed by atoms with van der Waals surface area (Å²) in [6.45, 7) is 5.47. The molecule has 1 aliphatic rings. The first kappa shape index (κ1) is 20.3. The van der Waals surface area contributed by atoms with Gasteiger partial charge in [-0.25, -0.2) is 4.79 Å². The Morgan fingerprint density at radius 2 is 1.48 bits per heavy atom. The Kier molecular flexibility index (Phi) is 9.03. The van der Waals surface area contributed by atoms with E-state index in [0.29, 0.717) is 0 Å². The van der Waals surface area contributed by atoms with Gasteiger partial charge in [0.25, 0.3) is 5.78 Å². The number of Topliss-reactive ketones (excluding diaryl/α,β-unsaturated/α-hetero) is 1. The second kappa shape index (κ2) is 10.2. The zero-order chi connectivity index (χ0) is 17.3. The minimum Gasteiger partial charge on any atom is -0.460 e. The summed E-state index contributed by atoms with van der Waals surface area (Å²) in [6.07, 6.45) is 5.58. The van der Waals surface area contributed by atoms with E-state index in [2.05, 4.69) is 0 Å². The van der Waals surface area contributed by atoms with Crippen LogP contribution in [0.15, 0.2) is 0 Å². The van der Waals surface area contributed by atoms with E-state index >= 15 is 0 Å². The maximum absolute atomic E-state index is 13.2. The molecule has 1 rings (SSSR count). The molecule has 7 heteroatoms. The SMILES string of the molecule is CCOC(=O)C(=O)C(C1CCCCCC1)P(=O)(OCC)OCC. The van der Waals surface area contributed by atoms with Crippen molar-refractivity contribution in [2.45, 2.75) is 65.0 Å². The molecule has 0 aromatic heterocycles. The Morgan fingerprint density at radius 3 is 1.91 bits per heavy atom. The minimum absolute atomic E-state index is 0.107. The van der Waals surface area contributed by atoms with Crippen LogP contribution in [0, 0.1) is 5.92 Å². The van der Waals surface area contributed by atoms with Gasteiger partial charge in [0.05, 0.1) is 19.8 Å². The van der Waals surface area contributed by atoms with Crippen molar-refractivity contribution in [3.05, 3.63) is 0 Å². The summed E-state index contributed by atoms with van der Waals surface area (Å²) in [5.41, 5.74) is -1.06. The van der Waals surface area contributed by atoms with Crippen LogP contribution < -0.4 is 0 Å². The van der Waals surface area contributed by atoms with Crippen molar-refractivity contribution >= 4 is 19.3 Å². The lowest BCUT2D eigenvalue weighted by Crippen LogP contribution is -2.37. The van der Waals surface area contributed by atoms with E-state index in [1.807, 2.05) is 0 Å². The molecule has 134 valence electrons. The van der Waals surface area contributed by atoms with Crippen LogP contribution in [0.4, 0.5) is 0 Å². The van der Waals surface area contributed by atoms with Gasteiger partial charge < -0.3 is 13.8 Å². The first-order valence-corrected chi connectivity index (χ1v) is 10.2. The third-order valence-electron chi connectivity index (χ3n) is 4.05. The predicted octanol–water partition coefficient (Wildman–Crippen LogP) is 3.72. The Labute approximate surface area is 138 Å². The standard InChI is InChI=1S/C16H29O6P/c1-4-20-16(18)14(17)15(13-11-9-7-8-10-12-13)23(19,21-5-2)22-6-3/h13,15H,4-12H2,1-3H3. The summed E-state index contributed by atoms with van der Waals surface area (Å²) in [5.74, 6) is -1.89. The summed E-state index contributed by atoms with van der Waals surface area (Å²) in [5, 5.41) is 0. The fourth-order valence-corrected chi connectivity index (χ4v) is 5.45. The van der Waals surface area contributed by atoms with Crippen LogP contribution in [-0.4, -0.2) is 37.2 Å². The van der Waals surface area contributed by atoms with E-state index in [0.717, 1.165) is 38.5 Å². The van der Waals surface area contributed by atoms with Gasteiger partial charge in [-0.2, -0.15) is 0 Å². The molecule has 0 bridgehead atoms. The van der Waals surface area contributed by atoms with Crippen molar-refractivity contribution in [2.24, 2.45) is 5.92 Å². The summed E-state index contributed by atoms with van der Waals surface area (Å²) in [7, 11) is -3.70.